The lowest BCUT2D eigenvalue weighted by atomic mass is 9.89. The van der Waals surface area contributed by atoms with Crippen molar-refractivity contribution in [2.45, 2.75) is 34.1 Å². The first kappa shape index (κ1) is 21.8. The minimum Gasteiger partial charge on any atom is -0.482 e. The Balaban J connectivity index is 2.68. The summed E-state index contributed by atoms with van der Waals surface area (Å²) in [6.07, 6.45) is -0.170. The number of likely N-dealkylation sites (N-methyl/N-ethyl adjacent to an activating group) is 1. The van der Waals surface area contributed by atoms with Crippen molar-refractivity contribution in [3.05, 3.63) is 23.2 Å². The number of carboxylic acid groups (broad SMARTS) is 1. The number of hydrogen-bond donors (Lipinski definition) is 2. The SMILES string of the molecule is CCN(CC)C(=O)COc1ccc(NC(=O)CC(C)(C)C(=O)O)cc1Cl. The standard InChI is InChI=1S/C18H25ClN2O5/c1-5-21(6-2)16(23)11-26-14-8-7-12(9-13(14)19)20-15(22)10-18(3,4)17(24)25/h7-9H,5-6,10-11H2,1-4H3,(H,20,22)(H,24,25). The lowest BCUT2D eigenvalue weighted by Crippen LogP contribution is -2.34. The van der Waals surface area contributed by atoms with E-state index >= 15 is 0 Å². The van der Waals surface area contributed by atoms with Gasteiger partial charge in [-0.25, -0.2) is 0 Å². The van der Waals surface area contributed by atoms with Gasteiger partial charge in [-0.1, -0.05) is 11.6 Å². The van der Waals surface area contributed by atoms with E-state index in [9.17, 15) is 14.4 Å². The fourth-order valence-electron chi connectivity index (χ4n) is 2.18. The van der Waals surface area contributed by atoms with Gasteiger partial charge in [-0.2, -0.15) is 0 Å². The molecule has 2 N–H and O–H groups in total. The number of rotatable bonds is 9. The quantitative estimate of drug-likeness (QED) is 0.682. The van der Waals surface area contributed by atoms with Crippen LogP contribution >= 0.6 is 11.6 Å². The number of nitrogens with one attached hydrogen (secondary N) is 1. The summed E-state index contributed by atoms with van der Waals surface area (Å²) in [6.45, 7) is 7.81. The fourth-order valence-corrected chi connectivity index (χ4v) is 2.42. The van der Waals surface area contributed by atoms with Gasteiger partial charge in [0, 0.05) is 25.2 Å². The smallest absolute Gasteiger partial charge is 0.309 e. The van der Waals surface area contributed by atoms with Crippen molar-refractivity contribution in [2.24, 2.45) is 5.41 Å². The molecule has 144 valence electrons. The van der Waals surface area contributed by atoms with Crippen LogP contribution in [0.3, 0.4) is 0 Å². The van der Waals surface area contributed by atoms with Crippen LogP contribution in [0.2, 0.25) is 5.02 Å². The lowest BCUT2D eigenvalue weighted by Gasteiger charge is -2.19. The van der Waals surface area contributed by atoms with Crippen LogP contribution in [0.15, 0.2) is 18.2 Å². The molecule has 0 bridgehead atoms. The Labute approximate surface area is 158 Å². The molecule has 0 aliphatic heterocycles. The molecule has 0 atom stereocenters. The average Bonchev–Trinajstić information content (AvgIpc) is 2.54. The number of halogens is 1. The van der Waals surface area contributed by atoms with Gasteiger partial charge in [0.15, 0.2) is 6.61 Å². The third-order valence-corrected chi connectivity index (χ3v) is 4.16. The Hall–Kier alpha value is -2.28. The summed E-state index contributed by atoms with van der Waals surface area (Å²) in [6, 6.07) is 4.62. The number of aliphatic carboxylic acids is 1. The van der Waals surface area contributed by atoms with E-state index in [1.54, 1.807) is 17.0 Å². The Morgan fingerprint density at radius 3 is 2.35 bits per heavy atom. The predicted molar refractivity (Wildman–Crippen MR) is 99.5 cm³/mol. The van der Waals surface area contributed by atoms with Crippen molar-refractivity contribution in [3.63, 3.8) is 0 Å². The van der Waals surface area contributed by atoms with E-state index in [1.807, 2.05) is 13.8 Å². The summed E-state index contributed by atoms with van der Waals surface area (Å²) in [4.78, 5) is 36.7. The van der Waals surface area contributed by atoms with E-state index in [0.717, 1.165) is 0 Å². The average molecular weight is 385 g/mol. The maximum Gasteiger partial charge on any atom is 0.309 e. The van der Waals surface area contributed by atoms with Crippen LogP contribution in [-0.4, -0.2) is 47.5 Å². The van der Waals surface area contributed by atoms with Crippen molar-refractivity contribution in [1.29, 1.82) is 0 Å². The zero-order valence-corrected chi connectivity index (χ0v) is 16.2. The summed E-state index contributed by atoms with van der Waals surface area (Å²) in [5, 5.41) is 11.9. The Bertz CT molecular complexity index is 672. The molecule has 26 heavy (non-hydrogen) atoms. The van der Waals surface area contributed by atoms with Crippen molar-refractivity contribution in [2.75, 3.05) is 25.0 Å². The van der Waals surface area contributed by atoms with Gasteiger partial charge in [-0.05, 0) is 45.9 Å². The summed E-state index contributed by atoms with van der Waals surface area (Å²) in [5.74, 6) is -1.29. The second-order valence-corrected chi connectivity index (χ2v) is 6.82. The number of amides is 2. The van der Waals surface area contributed by atoms with Crippen molar-refractivity contribution >= 4 is 35.1 Å². The van der Waals surface area contributed by atoms with Crippen LogP contribution in [0.5, 0.6) is 5.75 Å². The van der Waals surface area contributed by atoms with E-state index in [0.29, 0.717) is 24.5 Å². The molecule has 1 aromatic carbocycles. The van der Waals surface area contributed by atoms with Gasteiger partial charge in [0.25, 0.3) is 5.91 Å². The van der Waals surface area contributed by atoms with Gasteiger partial charge >= 0.3 is 5.97 Å². The molecule has 7 nitrogen and oxygen atoms in total. The minimum atomic E-state index is -1.16. The van der Waals surface area contributed by atoms with Crippen molar-refractivity contribution in [1.82, 2.24) is 4.90 Å². The summed E-state index contributed by atoms with van der Waals surface area (Å²) >= 11 is 6.13. The van der Waals surface area contributed by atoms with Gasteiger partial charge in [-0.15, -0.1) is 0 Å². The minimum absolute atomic E-state index is 0.125. The Kier molecular flexibility index (Phi) is 7.89. The van der Waals surface area contributed by atoms with E-state index < -0.39 is 17.3 Å². The van der Waals surface area contributed by atoms with Crippen LogP contribution in [0.4, 0.5) is 5.69 Å². The highest BCUT2D eigenvalue weighted by molar-refractivity contribution is 6.32. The number of benzene rings is 1. The normalized spacial score (nSPS) is 11.0. The van der Waals surface area contributed by atoms with Gasteiger partial charge < -0.3 is 20.1 Å². The zero-order valence-electron chi connectivity index (χ0n) is 15.5. The van der Waals surface area contributed by atoms with Crippen LogP contribution in [0, 0.1) is 5.41 Å². The molecule has 0 fully saturated rings. The third-order valence-electron chi connectivity index (χ3n) is 3.86. The molecular formula is C18H25ClN2O5. The van der Waals surface area contributed by atoms with Gasteiger partial charge in [0.05, 0.1) is 10.4 Å². The molecule has 0 spiro atoms. The van der Waals surface area contributed by atoms with Gasteiger partial charge in [-0.3, -0.25) is 14.4 Å². The number of carboxylic acids is 1. The molecular weight excluding hydrogens is 360 g/mol. The number of carbonyl (C=O) groups is 3. The molecule has 0 saturated heterocycles. The molecule has 0 aromatic heterocycles. The largest absolute Gasteiger partial charge is 0.482 e. The monoisotopic (exact) mass is 384 g/mol. The molecule has 0 unspecified atom stereocenters. The maximum absolute atomic E-state index is 12.0. The first-order valence-corrected chi connectivity index (χ1v) is 8.71. The number of anilines is 1. The second-order valence-electron chi connectivity index (χ2n) is 6.41. The maximum atomic E-state index is 12.0. The zero-order chi connectivity index (χ0) is 19.9. The fraction of sp³-hybridized carbons (Fsp3) is 0.500. The number of carbonyl (C=O) groups excluding carboxylic acids is 2. The first-order valence-electron chi connectivity index (χ1n) is 8.34. The number of nitrogens with zero attached hydrogens (tertiary/aromatic N) is 1. The number of hydrogen-bond acceptors (Lipinski definition) is 4. The van der Waals surface area contributed by atoms with Crippen LogP contribution < -0.4 is 10.1 Å². The predicted octanol–water partition coefficient (Wildman–Crippen LogP) is 3.03. The van der Waals surface area contributed by atoms with Gasteiger partial charge in [0.2, 0.25) is 5.91 Å². The molecule has 1 rings (SSSR count). The highest BCUT2D eigenvalue weighted by Crippen LogP contribution is 2.28. The van der Waals surface area contributed by atoms with Gasteiger partial charge in [0.1, 0.15) is 5.75 Å². The van der Waals surface area contributed by atoms with E-state index in [-0.39, 0.29) is 24.0 Å². The molecule has 0 aliphatic carbocycles. The molecule has 0 saturated carbocycles. The first-order chi connectivity index (χ1) is 12.1. The highest BCUT2D eigenvalue weighted by atomic mass is 35.5. The van der Waals surface area contributed by atoms with Crippen LogP contribution in [0.1, 0.15) is 34.1 Å². The third kappa shape index (κ3) is 6.22. The summed E-state index contributed by atoms with van der Waals surface area (Å²) in [5.41, 5.74) is -0.745. The lowest BCUT2D eigenvalue weighted by molar-refractivity contribution is -0.149. The molecule has 8 heteroatoms. The summed E-state index contributed by atoms with van der Waals surface area (Å²) < 4.78 is 5.44. The topological polar surface area (TPSA) is 95.9 Å². The Morgan fingerprint density at radius 2 is 1.85 bits per heavy atom. The Morgan fingerprint density at radius 1 is 1.23 bits per heavy atom. The van der Waals surface area contributed by atoms with E-state index in [1.165, 1.54) is 19.9 Å². The van der Waals surface area contributed by atoms with Crippen LogP contribution in [0.25, 0.3) is 0 Å². The van der Waals surface area contributed by atoms with E-state index in [4.69, 9.17) is 21.4 Å². The van der Waals surface area contributed by atoms with Crippen molar-refractivity contribution in [3.8, 4) is 5.75 Å². The molecule has 0 aliphatic rings. The highest BCUT2D eigenvalue weighted by Gasteiger charge is 2.30. The van der Waals surface area contributed by atoms with Crippen LogP contribution in [-0.2, 0) is 14.4 Å². The molecule has 2 amide bonds. The van der Waals surface area contributed by atoms with Crippen molar-refractivity contribution < 1.29 is 24.2 Å². The van der Waals surface area contributed by atoms with E-state index in [2.05, 4.69) is 5.32 Å². The molecule has 0 radical (unpaired) electrons. The summed E-state index contributed by atoms with van der Waals surface area (Å²) in [7, 11) is 0. The second kappa shape index (κ2) is 9.43. The number of ether oxygens (including phenoxy) is 1. The molecule has 0 heterocycles. The molecule has 1 aromatic rings.